The molecular formula is C12H12ClNO2. The van der Waals surface area contributed by atoms with Gasteiger partial charge in [0, 0.05) is 23.9 Å². The van der Waals surface area contributed by atoms with Crippen LogP contribution >= 0.6 is 11.6 Å². The first kappa shape index (κ1) is 11.2. The van der Waals surface area contributed by atoms with Gasteiger partial charge >= 0.3 is 0 Å². The van der Waals surface area contributed by atoms with Crippen LogP contribution < -0.4 is 0 Å². The Hall–Kier alpha value is -1.32. The lowest BCUT2D eigenvalue weighted by molar-refractivity contribution is 0.151. The predicted molar refractivity (Wildman–Crippen MR) is 61.3 cm³/mol. The van der Waals surface area contributed by atoms with Crippen molar-refractivity contribution in [3.05, 3.63) is 53.2 Å². The Morgan fingerprint density at radius 3 is 2.56 bits per heavy atom. The van der Waals surface area contributed by atoms with Crippen LogP contribution in [-0.4, -0.2) is 10.1 Å². The maximum Gasteiger partial charge on any atom is 0.198 e. The van der Waals surface area contributed by atoms with Crippen LogP contribution in [-0.2, 0) is 0 Å². The number of rotatable bonds is 3. The standard InChI is InChI=1S/C12H12ClNO2/c1-8(9-2-5-14-6-3-9)11(15)10-4-7-16-12(10)13/h2-8,11,15H,1H3. The van der Waals surface area contributed by atoms with E-state index in [2.05, 4.69) is 4.98 Å². The number of aromatic nitrogens is 1. The van der Waals surface area contributed by atoms with E-state index in [-0.39, 0.29) is 11.1 Å². The van der Waals surface area contributed by atoms with Crippen molar-refractivity contribution in [3.8, 4) is 0 Å². The zero-order valence-corrected chi connectivity index (χ0v) is 9.56. The molecule has 0 spiro atoms. The largest absolute Gasteiger partial charge is 0.453 e. The molecule has 0 aliphatic carbocycles. The van der Waals surface area contributed by atoms with Gasteiger partial charge < -0.3 is 9.52 Å². The molecule has 16 heavy (non-hydrogen) atoms. The van der Waals surface area contributed by atoms with Crippen LogP contribution in [0.5, 0.6) is 0 Å². The smallest absolute Gasteiger partial charge is 0.198 e. The van der Waals surface area contributed by atoms with Gasteiger partial charge in [0.25, 0.3) is 0 Å². The number of hydrogen-bond donors (Lipinski definition) is 1. The summed E-state index contributed by atoms with van der Waals surface area (Å²) in [5, 5.41) is 10.4. The predicted octanol–water partition coefficient (Wildman–Crippen LogP) is 3.17. The number of halogens is 1. The van der Waals surface area contributed by atoms with Crippen LogP contribution in [0.2, 0.25) is 5.22 Å². The van der Waals surface area contributed by atoms with Gasteiger partial charge in [-0.1, -0.05) is 6.92 Å². The van der Waals surface area contributed by atoms with Crippen molar-refractivity contribution >= 4 is 11.6 Å². The monoisotopic (exact) mass is 237 g/mol. The van der Waals surface area contributed by atoms with E-state index in [1.807, 2.05) is 19.1 Å². The Morgan fingerprint density at radius 1 is 1.31 bits per heavy atom. The van der Waals surface area contributed by atoms with Crippen molar-refractivity contribution in [3.63, 3.8) is 0 Å². The van der Waals surface area contributed by atoms with E-state index in [1.165, 1.54) is 6.26 Å². The van der Waals surface area contributed by atoms with Crippen molar-refractivity contribution in [1.82, 2.24) is 4.98 Å². The molecule has 0 saturated carbocycles. The summed E-state index contributed by atoms with van der Waals surface area (Å²) in [4.78, 5) is 3.94. The molecule has 0 aliphatic rings. The number of furan rings is 1. The zero-order valence-electron chi connectivity index (χ0n) is 8.80. The summed E-state index contributed by atoms with van der Waals surface area (Å²) in [7, 11) is 0. The fraction of sp³-hybridized carbons (Fsp3) is 0.250. The van der Waals surface area contributed by atoms with Crippen molar-refractivity contribution in [2.24, 2.45) is 0 Å². The van der Waals surface area contributed by atoms with Crippen molar-refractivity contribution in [1.29, 1.82) is 0 Å². The number of aliphatic hydroxyl groups excluding tert-OH is 1. The summed E-state index contributed by atoms with van der Waals surface area (Å²) >= 11 is 5.83. The van der Waals surface area contributed by atoms with Crippen LogP contribution in [0, 0.1) is 0 Å². The number of aliphatic hydroxyl groups is 1. The molecule has 0 aliphatic heterocycles. The first-order chi connectivity index (χ1) is 7.70. The quantitative estimate of drug-likeness (QED) is 0.892. The molecule has 84 valence electrons. The summed E-state index contributed by atoms with van der Waals surface area (Å²) in [6.45, 7) is 1.93. The Balaban J connectivity index is 2.23. The topological polar surface area (TPSA) is 46.3 Å². The third kappa shape index (κ3) is 2.10. The van der Waals surface area contributed by atoms with E-state index in [9.17, 15) is 5.11 Å². The molecule has 0 aromatic carbocycles. The molecule has 2 aromatic heterocycles. The lowest BCUT2D eigenvalue weighted by atomic mass is 9.93. The Bertz CT molecular complexity index is 455. The SMILES string of the molecule is CC(c1ccncc1)C(O)c1ccoc1Cl. The van der Waals surface area contributed by atoms with Gasteiger partial charge in [0.05, 0.1) is 12.4 Å². The van der Waals surface area contributed by atoms with E-state index in [4.69, 9.17) is 16.0 Å². The molecule has 2 rings (SSSR count). The van der Waals surface area contributed by atoms with Crippen molar-refractivity contribution < 1.29 is 9.52 Å². The average molecular weight is 238 g/mol. The summed E-state index contributed by atoms with van der Waals surface area (Å²) in [5.41, 5.74) is 1.63. The Morgan fingerprint density at radius 2 is 2.00 bits per heavy atom. The van der Waals surface area contributed by atoms with E-state index >= 15 is 0 Å². The second-order valence-corrected chi connectivity index (χ2v) is 4.01. The van der Waals surface area contributed by atoms with Gasteiger partial charge in [-0.3, -0.25) is 4.98 Å². The van der Waals surface area contributed by atoms with Crippen LogP contribution in [0.25, 0.3) is 0 Å². The molecule has 0 radical (unpaired) electrons. The molecule has 3 nitrogen and oxygen atoms in total. The molecule has 4 heteroatoms. The van der Waals surface area contributed by atoms with Gasteiger partial charge in [0.1, 0.15) is 0 Å². The van der Waals surface area contributed by atoms with Crippen molar-refractivity contribution in [2.75, 3.05) is 0 Å². The third-order valence-corrected chi connectivity index (χ3v) is 2.98. The van der Waals surface area contributed by atoms with Crippen LogP contribution in [0.15, 0.2) is 41.3 Å². The van der Waals surface area contributed by atoms with Gasteiger partial charge in [-0.2, -0.15) is 0 Å². The fourth-order valence-electron chi connectivity index (χ4n) is 1.63. The highest BCUT2D eigenvalue weighted by atomic mass is 35.5. The minimum absolute atomic E-state index is 0.0573. The fourth-order valence-corrected chi connectivity index (χ4v) is 1.86. The lowest BCUT2D eigenvalue weighted by Crippen LogP contribution is -2.07. The molecule has 2 heterocycles. The molecule has 0 amide bonds. The van der Waals surface area contributed by atoms with E-state index in [1.54, 1.807) is 18.5 Å². The number of pyridine rings is 1. The molecule has 2 unspecified atom stereocenters. The third-order valence-electron chi connectivity index (χ3n) is 2.67. The highest BCUT2D eigenvalue weighted by Gasteiger charge is 2.21. The molecule has 2 aromatic rings. The Kier molecular flexibility index (Phi) is 3.27. The minimum Gasteiger partial charge on any atom is -0.453 e. The number of hydrogen-bond acceptors (Lipinski definition) is 3. The minimum atomic E-state index is -0.673. The van der Waals surface area contributed by atoms with Crippen molar-refractivity contribution in [2.45, 2.75) is 18.9 Å². The van der Waals surface area contributed by atoms with Crippen LogP contribution in [0.3, 0.4) is 0 Å². The van der Waals surface area contributed by atoms with Gasteiger partial charge in [0.2, 0.25) is 0 Å². The first-order valence-electron chi connectivity index (χ1n) is 5.01. The van der Waals surface area contributed by atoms with Crippen LogP contribution in [0.4, 0.5) is 0 Å². The lowest BCUT2D eigenvalue weighted by Gasteiger charge is -2.18. The summed E-state index contributed by atoms with van der Waals surface area (Å²) in [5.74, 6) is -0.0573. The normalized spacial score (nSPS) is 14.7. The van der Waals surface area contributed by atoms with Gasteiger partial charge in [0.15, 0.2) is 5.22 Å². The second-order valence-electron chi connectivity index (χ2n) is 3.66. The van der Waals surface area contributed by atoms with Gasteiger partial charge in [-0.15, -0.1) is 0 Å². The number of nitrogens with zero attached hydrogens (tertiary/aromatic N) is 1. The maximum atomic E-state index is 10.1. The van der Waals surface area contributed by atoms with Crippen LogP contribution in [0.1, 0.15) is 30.1 Å². The molecule has 0 fully saturated rings. The van der Waals surface area contributed by atoms with Gasteiger partial charge in [-0.25, -0.2) is 0 Å². The molecule has 0 saturated heterocycles. The van der Waals surface area contributed by atoms with E-state index in [0.717, 1.165) is 5.56 Å². The molecule has 0 bridgehead atoms. The molecular weight excluding hydrogens is 226 g/mol. The summed E-state index contributed by atoms with van der Waals surface area (Å²) in [6, 6.07) is 5.44. The van der Waals surface area contributed by atoms with E-state index in [0.29, 0.717) is 5.56 Å². The zero-order chi connectivity index (χ0) is 11.5. The molecule has 1 N–H and O–H groups in total. The summed E-state index contributed by atoms with van der Waals surface area (Å²) in [6.07, 6.45) is 4.21. The van der Waals surface area contributed by atoms with Gasteiger partial charge in [-0.05, 0) is 35.4 Å². The average Bonchev–Trinajstić information content (AvgIpc) is 2.75. The highest BCUT2D eigenvalue weighted by Crippen LogP contribution is 2.34. The Labute approximate surface area is 98.7 Å². The second kappa shape index (κ2) is 4.68. The van der Waals surface area contributed by atoms with E-state index < -0.39 is 6.10 Å². The summed E-state index contributed by atoms with van der Waals surface area (Å²) < 4.78 is 4.96. The highest BCUT2D eigenvalue weighted by molar-refractivity contribution is 6.29. The molecule has 2 atom stereocenters. The first-order valence-corrected chi connectivity index (χ1v) is 5.39. The maximum absolute atomic E-state index is 10.1.